The van der Waals surface area contributed by atoms with E-state index in [1.54, 1.807) is 46.8 Å². The van der Waals surface area contributed by atoms with Crippen LogP contribution in [-0.4, -0.2) is 60.1 Å². The molecule has 0 aliphatic rings. The van der Waals surface area contributed by atoms with Crippen LogP contribution in [0.15, 0.2) is 30.3 Å². The Morgan fingerprint density at radius 3 is 2.18 bits per heavy atom. The minimum absolute atomic E-state index is 0.0308. The van der Waals surface area contributed by atoms with Gasteiger partial charge in [0, 0.05) is 13.1 Å². The van der Waals surface area contributed by atoms with Gasteiger partial charge in [0.2, 0.25) is 11.8 Å². The Morgan fingerprint density at radius 2 is 1.58 bits per heavy atom. The largest absolute Gasteiger partial charge is 0.466 e. The number of hydrogen-bond donors (Lipinski definition) is 2. The van der Waals surface area contributed by atoms with Crippen molar-refractivity contribution in [2.75, 3.05) is 19.7 Å². The fraction of sp³-hybridized carbons (Fsp3) is 0.655. The molecule has 0 aromatic heterocycles. The minimum Gasteiger partial charge on any atom is -0.466 e. The Labute approximate surface area is 228 Å². The number of esters is 1. The van der Waals surface area contributed by atoms with E-state index in [-0.39, 0.29) is 25.5 Å². The van der Waals surface area contributed by atoms with E-state index >= 15 is 0 Å². The van der Waals surface area contributed by atoms with Crippen molar-refractivity contribution >= 4 is 23.9 Å². The van der Waals surface area contributed by atoms with Crippen LogP contribution in [0.2, 0.25) is 0 Å². The lowest BCUT2D eigenvalue weighted by Gasteiger charge is -2.33. The first-order valence-corrected chi connectivity index (χ1v) is 13.8. The maximum absolute atomic E-state index is 13.7. The molecule has 0 saturated heterocycles. The first-order chi connectivity index (χ1) is 18.0. The van der Waals surface area contributed by atoms with Crippen LogP contribution >= 0.6 is 0 Å². The summed E-state index contributed by atoms with van der Waals surface area (Å²) in [5, 5.41) is 5.40. The number of unbranched alkanes of at least 4 members (excludes halogenated alkanes) is 5. The first kappa shape index (κ1) is 32.9. The first-order valence-electron chi connectivity index (χ1n) is 13.8. The molecule has 0 heterocycles. The summed E-state index contributed by atoms with van der Waals surface area (Å²) in [6.45, 7) is 11.4. The summed E-state index contributed by atoms with van der Waals surface area (Å²) in [5.74, 6) is -1.19. The zero-order chi connectivity index (χ0) is 28.6. The van der Waals surface area contributed by atoms with E-state index in [0.29, 0.717) is 18.5 Å². The van der Waals surface area contributed by atoms with Crippen molar-refractivity contribution in [1.82, 2.24) is 15.5 Å². The van der Waals surface area contributed by atoms with Crippen LogP contribution in [-0.2, 0) is 23.9 Å². The Balaban J connectivity index is 3.15. The molecule has 0 fully saturated rings. The van der Waals surface area contributed by atoms with Crippen LogP contribution in [0.1, 0.15) is 98.1 Å². The fourth-order valence-electron chi connectivity index (χ4n) is 3.95. The normalized spacial score (nSPS) is 12.7. The van der Waals surface area contributed by atoms with Gasteiger partial charge in [-0.05, 0) is 46.6 Å². The molecule has 214 valence electrons. The lowest BCUT2D eigenvalue weighted by atomic mass is 10.0. The van der Waals surface area contributed by atoms with Gasteiger partial charge in [-0.15, -0.1) is 0 Å². The van der Waals surface area contributed by atoms with Gasteiger partial charge in [0.1, 0.15) is 17.7 Å². The molecule has 9 nitrogen and oxygen atoms in total. The molecule has 1 aromatic rings. The van der Waals surface area contributed by atoms with Gasteiger partial charge in [0.05, 0.1) is 13.0 Å². The van der Waals surface area contributed by atoms with E-state index in [0.717, 1.165) is 32.1 Å². The molecule has 2 unspecified atom stereocenters. The van der Waals surface area contributed by atoms with Crippen molar-refractivity contribution in [3.63, 3.8) is 0 Å². The molecule has 38 heavy (non-hydrogen) atoms. The van der Waals surface area contributed by atoms with E-state index in [1.165, 1.54) is 4.90 Å². The number of rotatable bonds is 16. The van der Waals surface area contributed by atoms with Gasteiger partial charge in [0.15, 0.2) is 0 Å². The Kier molecular flexibility index (Phi) is 15.1. The number of carbonyl (C=O) groups excluding carboxylic acids is 4. The summed E-state index contributed by atoms with van der Waals surface area (Å²) in [4.78, 5) is 52.8. The van der Waals surface area contributed by atoms with Crippen molar-refractivity contribution in [3.8, 4) is 0 Å². The van der Waals surface area contributed by atoms with E-state index in [4.69, 9.17) is 9.47 Å². The third kappa shape index (κ3) is 12.9. The van der Waals surface area contributed by atoms with Gasteiger partial charge in [0.25, 0.3) is 0 Å². The highest BCUT2D eigenvalue weighted by Crippen LogP contribution is 2.23. The summed E-state index contributed by atoms with van der Waals surface area (Å²) in [7, 11) is 0. The molecule has 2 atom stereocenters. The van der Waals surface area contributed by atoms with Crippen LogP contribution < -0.4 is 10.6 Å². The quantitative estimate of drug-likeness (QED) is 0.231. The molecule has 1 rings (SSSR count). The minimum atomic E-state index is -0.926. The second-order valence-corrected chi connectivity index (χ2v) is 10.3. The van der Waals surface area contributed by atoms with Gasteiger partial charge in [-0.25, -0.2) is 4.79 Å². The predicted molar refractivity (Wildman–Crippen MR) is 147 cm³/mol. The van der Waals surface area contributed by atoms with Gasteiger partial charge in [-0.3, -0.25) is 14.4 Å². The summed E-state index contributed by atoms with van der Waals surface area (Å²) < 4.78 is 10.3. The number of amides is 3. The second-order valence-electron chi connectivity index (χ2n) is 10.3. The summed E-state index contributed by atoms with van der Waals surface area (Å²) in [5.41, 5.74) is -0.0684. The molecule has 0 bridgehead atoms. The van der Waals surface area contributed by atoms with Crippen molar-refractivity contribution in [2.45, 2.75) is 104 Å². The fourth-order valence-corrected chi connectivity index (χ4v) is 3.95. The Morgan fingerprint density at radius 1 is 0.947 bits per heavy atom. The van der Waals surface area contributed by atoms with Gasteiger partial charge < -0.3 is 25.0 Å². The number of alkyl carbamates (subject to hydrolysis) is 1. The molecule has 0 saturated carbocycles. The Bertz CT molecular complexity index is 869. The van der Waals surface area contributed by atoms with Crippen molar-refractivity contribution in [1.29, 1.82) is 0 Å². The average Bonchev–Trinajstić information content (AvgIpc) is 2.84. The number of hydrogen-bond acceptors (Lipinski definition) is 6. The smallest absolute Gasteiger partial charge is 0.408 e. The zero-order valence-electron chi connectivity index (χ0n) is 24.0. The van der Waals surface area contributed by atoms with Crippen LogP contribution in [0.4, 0.5) is 4.79 Å². The van der Waals surface area contributed by atoms with Gasteiger partial charge in [-0.2, -0.15) is 0 Å². The van der Waals surface area contributed by atoms with Crippen LogP contribution in [0.3, 0.4) is 0 Å². The number of carbonyl (C=O) groups is 4. The number of nitrogens with zero attached hydrogens (tertiary/aromatic N) is 1. The molecular weight excluding hydrogens is 486 g/mol. The van der Waals surface area contributed by atoms with Crippen LogP contribution in [0, 0.1) is 0 Å². The highest BCUT2D eigenvalue weighted by molar-refractivity contribution is 5.92. The topological polar surface area (TPSA) is 114 Å². The van der Waals surface area contributed by atoms with Gasteiger partial charge in [-0.1, -0.05) is 69.4 Å². The molecule has 0 spiro atoms. The zero-order valence-corrected chi connectivity index (χ0v) is 24.0. The van der Waals surface area contributed by atoms with E-state index in [9.17, 15) is 19.2 Å². The lowest BCUT2D eigenvalue weighted by Crippen LogP contribution is -2.52. The Hall–Kier alpha value is -3.10. The SMILES string of the molecule is CCCCCCCCN(C(=O)C(C)NC(=O)OC(C)(C)C)C(C(=O)NCCC(=O)OCC)c1ccccc1. The predicted octanol–water partition coefficient (Wildman–Crippen LogP) is 4.90. The van der Waals surface area contributed by atoms with E-state index in [1.807, 2.05) is 18.2 Å². The molecule has 9 heteroatoms. The number of ether oxygens (including phenoxy) is 2. The lowest BCUT2D eigenvalue weighted by molar-refractivity contribution is -0.144. The highest BCUT2D eigenvalue weighted by Gasteiger charge is 2.34. The summed E-state index contributed by atoms with van der Waals surface area (Å²) in [6, 6.07) is 7.21. The van der Waals surface area contributed by atoms with Crippen LogP contribution in [0.5, 0.6) is 0 Å². The number of nitrogens with one attached hydrogen (secondary N) is 2. The second kappa shape index (κ2) is 17.4. The monoisotopic (exact) mass is 533 g/mol. The standard InChI is InChI=1S/C29H47N3O6/c1-7-9-10-11-12-16-21-32(27(35)22(3)31-28(36)38-29(4,5)6)25(23-17-14-13-15-18-23)26(34)30-20-19-24(33)37-8-2/h13-15,17-18,22,25H,7-12,16,19-21H2,1-6H3,(H,30,34)(H,31,36). The molecule has 0 radical (unpaired) electrons. The summed E-state index contributed by atoms with van der Waals surface area (Å²) in [6.07, 6.45) is 5.44. The third-order valence-corrected chi connectivity index (χ3v) is 5.75. The molecule has 0 aliphatic carbocycles. The maximum Gasteiger partial charge on any atom is 0.408 e. The van der Waals surface area contributed by atoms with Gasteiger partial charge >= 0.3 is 12.1 Å². The van der Waals surface area contributed by atoms with Crippen molar-refractivity contribution < 1.29 is 28.7 Å². The molecule has 1 aromatic carbocycles. The van der Waals surface area contributed by atoms with Crippen molar-refractivity contribution in [2.24, 2.45) is 0 Å². The number of benzene rings is 1. The van der Waals surface area contributed by atoms with Crippen molar-refractivity contribution in [3.05, 3.63) is 35.9 Å². The highest BCUT2D eigenvalue weighted by atomic mass is 16.6. The molecule has 2 N–H and O–H groups in total. The molecular formula is C29H47N3O6. The average molecular weight is 534 g/mol. The summed E-state index contributed by atoms with van der Waals surface area (Å²) >= 11 is 0. The third-order valence-electron chi connectivity index (χ3n) is 5.75. The maximum atomic E-state index is 13.7. The van der Waals surface area contributed by atoms with E-state index in [2.05, 4.69) is 17.6 Å². The van der Waals surface area contributed by atoms with E-state index < -0.39 is 35.7 Å². The molecule has 0 aliphatic heterocycles. The molecule has 3 amide bonds. The van der Waals surface area contributed by atoms with Crippen LogP contribution in [0.25, 0.3) is 0 Å².